The van der Waals surface area contributed by atoms with Crippen molar-refractivity contribution >= 4 is 11.9 Å². The van der Waals surface area contributed by atoms with Gasteiger partial charge in [-0.2, -0.15) is 5.10 Å². The first-order valence-corrected chi connectivity index (χ1v) is 7.07. The van der Waals surface area contributed by atoms with E-state index in [0.717, 1.165) is 23.2 Å². The van der Waals surface area contributed by atoms with E-state index in [9.17, 15) is 14.7 Å². The summed E-state index contributed by atoms with van der Waals surface area (Å²) >= 11 is 0. The highest BCUT2D eigenvalue weighted by Crippen LogP contribution is 2.18. The van der Waals surface area contributed by atoms with E-state index >= 15 is 0 Å². The predicted octanol–water partition coefficient (Wildman–Crippen LogP) is 2.14. The van der Waals surface area contributed by atoms with Crippen molar-refractivity contribution in [1.29, 1.82) is 0 Å². The summed E-state index contributed by atoms with van der Waals surface area (Å²) in [6.07, 6.45) is 0.722. The molecule has 0 saturated heterocycles. The molecule has 1 amide bonds. The van der Waals surface area contributed by atoms with Crippen molar-refractivity contribution in [2.24, 2.45) is 0 Å². The number of H-pyrrole nitrogens is 1. The summed E-state index contributed by atoms with van der Waals surface area (Å²) < 4.78 is 0. The quantitative estimate of drug-likeness (QED) is 0.788. The molecule has 1 aromatic carbocycles. The van der Waals surface area contributed by atoms with E-state index in [1.54, 1.807) is 18.2 Å². The van der Waals surface area contributed by atoms with Gasteiger partial charge in [-0.1, -0.05) is 36.2 Å². The van der Waals surface area contributed by atoms with E-state index < -0.39 is 17.9 Å². The third-order valence-electron chi connectivity index (χ3n) is 3.34. The molecule has 0 bridgehead atoms. The Morgan fingerprint density at radius 2 is 1.86 bits per heavy atom. The number of hydrogen-bond donors (Lipinski definition) is 3. The molecule has 2 rings (SSSR count). The standard InChI is InChI=1S/C16H19N3O3/c1-4-12-8-13(19-18-12)15(20)17-14(16(21)22)11-6-9(2)5-10(3)7-11/h5-8,14H,4H2,1-3H3,(H,17,20)(H,18,19)(H,21,22). The van der Waals surface area contributed by atoms with E-state index in [0.29, 0.717) is 5.56 Å². The second kappa shape index (κ2) is 6.43. The Balaban J connectivity index is 2.25. The van der Waals surface area contributed by atoms with E-state index in [1.807, 2.05) is 26.8 Å². The molecule has 1 unspecified atom stereocenters. The van der Waals surface area contributed by atoms with Crippen LogP contribution in [-0.4, -0.2) is 27.2 Å². The number of nitrogens with one attached hydrogen (secondary N) is 2. The summed E-state index contributed by atoms with van der Waals surface area (Å²) in [4.78, 5) is 23.7. The van der Waals surface area contributed by atoms with E-state index in [1.165, 1.54) is 0 Å². The number of benzene rings is 1. The number of carbonyl (C=O) groups excluding carboxylic acids is 1. The van der Waals surface area contributed by atoms with Gasteiger partial charge in [-0.15, -0.1) is 0 Å². The zero-order chi connectivity index (χ0) is 16.3. The molecule has 6 heteroatoms. The van der Waals surface area contributed by atoms with Gasteiger partial charge in [0.1, 0.15) is 5.69 Å². The molecule has 1 atom stereocenters. The molecule has 1 aromatic heterocycles. The zero-order valence-corrected chi connectivity index (χ0v) is 12.8. The lowest BCUT2D eigenvalue weighted by Gasteiger charge is -2.15. The summed E-state index contributed by atoms with van der Waals surface area (Å²) in [5, 5.41) is 18.6. The minimum atomic E-state index is -1.11. The van der Waals surface area contributed by atoms with Crippen molar-refractivity contribution in [2.45, 2.75) is 33.2 Å². The molecule has 0 aliphatic heterocycles. The van der Waals surface area contributed by atoms with E-state index in [-0.39, 0.29) is 5.69 Å². The Labute approximate surface area is 128 Å². The number of carboxylic acid groups (broad SMARTS) is 1. The van der Waals surface area contributed by atoms with Crippen molar-refractivity contribution < 1.29 is 14.7 Å². The maximum absolute atomic E-state index is 12.2. The average molecular weight is 301 g/mol. The molecule has 1 heterocycles. The number of rotatable bonds is 5. The molecule has 116 valence electrons. The van der Waals surface area contributed by atoms with Gasteiger partial charge in [0.15, 0.2) is 6.04 Å². The van der Waals surface area contributed by atoms with Gasteiger partial charge in [-0.25, -0.2) is 4.79 Å². The number of carboxylic acids is 1. The van der Waals surface area contributed by atoms with Gasteiger partial charge in [-0.05, 0) is 31.9 Å². The highest BCUT2D eigenvalue weighted by molar-refractivity contribution is 5.95. The second-order valence-electron chi connectivity index (χ2n) is 5.30. The maximum atomic E-state index is 12.2. The molecular weight excluding hydrogens is 282 g/mol. The van der Waals surface area contributed by atoms with Gasteiger partial charge in [0, 0.05) is 5.69 Å². The first-order valence-electron chi connectivity index (χ1n) is 7.07. The SMILES string of the molecule is CCc1cc(C(=O)NC(C(=O)O)c2cc(C)cc(C)c2)n[nH]1. The molecule has 22 heavy (non-hydrogen) atoms. The molecule has 2 aromatic rings. The summed E-state index contributed by atoms with van der Waals surface area (Å²) in [6.45, 7) is 5.71. The van der Waals surface area contributed by atoms with Crippen LogP contribution in [0.15, 0.2) is 24.3 Å². The van der Waals surface area contributed by atoms with Gasteiger partial charge < -0.3 is 10.4 Å². The van der Waals surface area contributed by atoms with Crippen LogP contribution >= 0.6 is 0 Å². The number of hydrogen-bond acceptors (Lipinski definition) is 3. The fourth-order valence-corrected chi connectivity index (χ4v) is 2.33. The summed E-state index contributed by atoms with van der Waals surface area (Å²) in [6, 6.07) is 5.98. The average Bonchev–Trinajstić information content (AvgIpc) is 2.92. The highest BCUT2D eigenvalue weighted by Gasteiger charge is 2.24. The minimum absolute atomic E-state index is 0.187. The number of nitrogens with zero attached hydrogens (tertiary/aromatic N) is 1. The first-order chi connectivity index (χ1) is 10.4. The zero-order valence-electron chi connectivity index (χ0n) is 12.8. The molecule has 6 nitrogen and oxygen atoms in total. The lowest BCUT2D eigenvalue weighted by molar-refractivity contribution is -0.139. The minimum Gasteiger partial charge on any atom is -0.479 e. The van der Waals surface area contributed by atoms with Crippen molar-refractivity contribution in [2.75, 3.05) is 0 Å². The normalized spacial score (nSPS) is 12.0. The smallest absolute Gasteiger partial charge is 0.330 e. The maximum Gasteiger partial charge on any atom is 0.330 e. The number of aliphatic carboxylic acids is 1. The van der Waals surface area contributed by atoms with Crippen LogP contribution in [0.25, 0.3) is 0 Å². The molecule has 0 radical (unpaired) electrons. The first kappa shape index (κ1) is 15.8. The van der Waals surface area contributed by atoms with Crippen LogP contribution in [0.3, 0.4) is 0 Å². The van der Waals surface area contributed by atoms with Crippen LogP contribution in [0.4, 0.5) is 0 Å². The van der Waals surface area contributed by atoms with Gasteiger partial charge in [0.25, 0.3) is 5.91 Å². The van der Waals surface area contributed by atoms with Crippen LogP contribution in [0.5, 0.6) is 0 Å². The van der Waals surface area contributed by atoms with Crippen LogP contribution in [-0.2, 0) is 11.2 Å². The van der Waals surface area contributed by atoms with E-state index in [2.05, 4.69) is 15.5 Å². The summed E-state index contributed by atoms with van der Waals surface area (Å²) in [5.74, 6) is -1.62. The lowest BCUT2D eigenvalue weighted by Crippen LogP contribution is -2.34. The Morgan fingerprint density at radius 1 is 1.23 bits per heavy atom. The van der Waals surface area contributed by atoms with Crippen LogP contribution in [0.1, 0.15) is 45.8 Å². The summed E-state index contributed by atoms with van der Waals surface area (Å²) in [5.41, 5.74) is 3.45. The molecule has 0 aliphatic carbocycles. The lowest BCUT2D eigenvalue weighted by atomic mass is 10.0. The summed E-state index contributed by atoms with van der Waals surface area (Å²) in [7, 11) is 0. The second-order valence-corrected chi connectivity index (χ2v) is 5.30. The van der Waals surface area contributed by atoms with Crippen LogP contribution < -0.4 is 5.32 Å². The van der Waals surface area contributed by atoms with Crippen LogP contribution in [0, 0.1) is 13.8 Å². The fraction of sp³-hybridized carbons (Fsp3) is 0.312. The van der Waals surface area contributed by atoms with Gasteiger partial charge >= 0.3 is 5.97 Å². The number of aromatic amines is 1. The van der Waals surface area contributed by atoms with Gasteiger partial charge in [0.05, 0.1) is 0 Å². The molecular formula is C16H19N3O3. The number of amides is 1. The van der Waals surface area contributed by atoms with Crippen molar-refractivity contribution in [1.82, 2.24) is 15.5 Å². The molecule has 0 spiro atoms. The molecule has 3 N–H and O–H groups in total. The predicted molar refractivity (Wildman–Crippen MR) is 81.7 cm³/mol. The Morgan fingerprint density at radius 3 is 2.36 bits per heavy atom. The number of carbonyl (C=O) groups is 2. The van der Waals surface area contributed by atoms with Gasteiger partial charge in [0.2, 0.25) is 0 Å². The topological polar surface area (TPSA) is 95.1 Å². The molecule has 0 saturated carbocycles. The van der Waals surface area contributed by atoms with Crippen molar-refractivity contribution in [3.05, 3.63) is 52.3 Å². The largest absolute Gasteiger partial charge is 0.479 e. The highest BCUT2D eigenvalue weighted by atomic mass is 16.4. The fourth-order valence-electron chi connectivity index (χ4n) is 2.33. The Bertz CT molecular complexity index is 686. The monoisotopic (exact) mass is 301 g/mol. The Kier molecular flexibility index (Phi) is 4.60. The van der Waals surface area contributed by atoms with Gasteiger partial charge in [-0.3, -0.25) is 9.89 Å². The Hall–Kier alpha value is -2.63. The number of aromatic nitrogens is 2. The van der Waals surface area contributed by atoms with Crippen LogP contribution in [0.2, 0.25) is 0 Å². The third kappa shape index (κ3) is 3.52. The molecule has 0 aliphatic rings. The van der Waals surface area contributed by atoms with Crippen molar-refractivity contribution in [3.8, 4) is 0 Å². The third-order valence-corrected chi connectivity index (χ3v) is 3.34. The molecule has 0 fully saturated rings. The van der Waals surface area contributed by atoms with Crippen molar-refractivity contribution in [3.63, 3.8) is 0 Å². The number of aryl methyl sites for hydroxylation is 3. The van der Waals surface area contributed by atoms with E-state index in [4.69, 9.17) is 0 Å².